The molecule has 0 fully saturated rings. The zero-order chi connectivity index (χ0) is 14.8. The zero-order valence-corrected chi connectivity index (χ0v) is 14.2. The highest BCUT2D eigenvalue weighted by Crippen LogP contribution is 2.26. The van der Waals surface area contributed by atoms with Crippen LogP contribution in [0.25, 0.3) is 0 Å². The first-order valence-corrected chi connectivity index (χ1v) is 8.76. The molecule has 0 heterocycles. The van der Waals surface area contributed by atoms with Gasteiger partial charge in [-0.1, -0.05) is 25.0 Å². The van der Waals surface area contributed by atoms with E-state index < -0.39 is 0 Å². The number of rotatable bonds is 9. The molecule has 0 saturated carbocycles. The maximum atomic E-state index is 5.85. The van der Waals surface area contributed by atoms with Crippen LogP contribution in [0.4, 0.5) is 0 Å². The maximum absolute atomic E-state index is 5.85. The predicted octanol–water partition coefficient (Wildman–Crippen LogP) is 4.74. The van der Waals surface area contributed by atoms with Crippen molar-refractivity contribution >= 4 is 11.8 Å². The van der Waals surface area contributed by atoms with E-state index in [1.165, 1.54) is 24.2 Å². The lowest BCUT2D eigenvalue weighted by atomic mass is 10.1. The van der Waals surface area contributed by atoms with Gasteiger partial charge in [-0.2, -0.15) is 0 Å². The van der Waals surface area contributed by atoms with E-state index in [4.69, 9.17) is 4.74 Å². The second-order valence-corrected chi connectivity index (χ2v) is 6.94. The Morgan fingerprint density at radius 2 is 1.75 bits per heavy atom. The third-order valence-electron chi connectivity index (χ3n) is 3.05. The Morgan fingerprint density at radius 3 is 2.45 bits per heavy atom. The van der Waals surface area contributed by atoms with Crippen LogP contribution in [0.3, 0.4) is 0 Å². The van der Waals surface area contributed by atoms with Gasteiger partial charge in [0.1, 0.15) is 5.75 Å². The van der Waals surface area contributed by atoms with Crippen molar-refractivity contribution in [2.24, 2.45) is 0 Å². The van der Waals surface area contributed by atoms with E-state index in [0.29, 0.717) is 0 Å². The van der Waals surface area contributed by atoms with Crippen LogP contribution in [0.5, 0.6) is 5.75 Å². The van der Waals surface area contributed by atoms with Gasteiger partial charge < -0.3 is 10.1 Å². The largest absolute Gasteiger partial charge is 0.492 e. The molecule has 0 radical (unpaired) electrons. The van der Waals surface area contributed by atoms with Crippen LogP contribution in [-0.2, 0) is 0 Å². The van der Waals surface area contributed by atoms with Crippen molar-refractivity contribution in [2.45, 2.75) is 56.9 Å². The van der Waals surface area contributed by atoms with Crippen molar-refractivity contribution in [3.8, 4) is 5.75 Å². The summed E-state index contributed by atoms with van der Waals surface area (Å²) in [5.41, 5.74) is 0.241. The molecular weight excluding hydrogens is 266 g/mol. The minimum absolute atomic E-state index is 0.241. The number of ether oxygens (including phenoxy) is 1. The summed E-state index contributed by atoms with van der Waals surface area (Å²) in [4.78, 5) is 1.22. The van der Waals surface area contributed by atoms with Crippen molar-refractivity contribution in [3.05, 3.63) is 24.3 Å². The first kappa shape index (κ1) is 17.4. The molecule has 3 heteroatoms. The highest BCUT2D eigenvalue weighted by atomic mass is 32.2. The molecule has 114 valence electrons. The smallest absolute Gasteiger partial charge is 0.132 e. The molecule has 1 aromatic carbocycles. The van der Waals surface area contributed by atoms with E-state index in [1.54, 1.807) is 11.8 Å². The molecule has 0 aliphatic heterocycles. The number of unbranched alkanes of at least 4 members (excludes halogenated alkanes) is 3. The Balaban J connectivity index is 2.05. The summed E-state index contributed by atoms with van der Waals surface area (Å²) in [6.45, 7) is 8.57. The maximum Gasteiger partial charge on any atom is 0.132 e. The summed E-state index contributed by atoms with van der Waals surface area (Å²) < 4.78 is 5.85. The summed E-state index contributed by atoms with van der Waals surface area (Å²) >= 11 is 1.74. The van der Waals surface area contributed by atoms with Crippen molar-refractivity contribution in [1.29, 1.82) is 0 Å². The first-order chi connectivity index (χ1) is 9.53. The predicted molar refractivity (Wildman–Crippen MR) is 89.9 cm³/mol. The molecule has 0 atom stereocenters. The minimum Gasteiger partial charge on any atom is -0.492 e. The summed E-state index contributed by atoms with van der Waals surface area (Å²) in [5, 5.41) is 3.52. The Bertz CT molecular complexity index is 373. The molecule has 0 aliphatic carbocycles. The van der Waals surface area contributed by atoms with Crippen molar-refractivity contribution in [1.82, 2.24) is 5.32 Å². The van der Waals surface area contributed by atoms with Crippen LogP contribution in [0, 0.1) is 0 Å². The average Bonchev–Trinajstić information content (AvgIpc) is 2.41. The van der Waals surface area contributed by atoms with Crippen LogP contribution in [0.1, 0.15) is 46.5 Å². The Kier molecular flexibility index (Phi) is 8.08. The van der Waals surface area contributed by atoms with Gasteiger partial charge in [-0.3, -0.25) is 0 Å². The van der Waals surface area contributed by atoms with E-state index in [0.717, 1.165) is 25.3 Å². The van der Waals surface area contributed by atoms with E-state index in [1.807, 2.05) is 6.07 Å². The first-order valence-electron chi connectivity index (χ1n) is 7.54. The number of hydrogen-bond donors (Lipinski definition) is 1. The normalized spacial score (nSPS) is 11.6. The summed E-state index contributed by atoms with van der Waals surface area (Å²) in [5.74, 6) is 1.02. The van der Waals surface area contributed by atoms with Gasteiger partial charge in [0.05, 0.1) is 6.61 Å². The topological polar surface area (TPSA) is 21.3 Å². The molecule has 1 N–H and O–H groups in total. The van der Waals surface area contributed by atoms with E-state index in [2.05, 4.69) is 50.5 Å². The number of thioether (sulfide) groups is 1. The van der Waals surface area contributed by atoms with E-state index in [-0.39, 0.29) is 5.54 Å². The van der Waals surface area contributed by atoms with Gasteiger partial charge in [-0.05, 0) is 58.5 Å². The molecule has 0 bridgehead atoms. The van der Waals surface area contributed by atoms with E-state index in [9.17, 15) is 0 Å². The zero-order valence-electron chi connectivity index (χ0n) is 13.4. The number of benzene rings is 1. The van der Waals surface area contributed by atoms with Crippen LogP contribution < -0.4 is 10.1 Å². The van der Waals surface area contributed by atoms with Crippen molar-refractivity contribution < 1.29 is 4.74 Å². The van der Waals surface area contributed by atoms with Gasteiger partial charge in [0, 0.05) is 10.4 Å². The lowest BCUT2D eigenvalue weighted by Crippen LogP contribution is -2.36. The van der Waals surface area contributed by atoms with Gasteiger partial charge in [-0.25, -0.2) is 0 Å². The van der Waals surface area contributed by atoms with Gasteiger partial charge in [0.25, 0.3) is 0 Å². The third kappa shape index (κ3) is 7.81. The molecule has 0 saturated heterocycles. The van der Waals surface area contributed by atoms with E-state index >= 15 is 0 Å². The lowest BCUT2D eigenvalue weighted by molar-refractivity contribution is 0.297. The third-order valence-corrected chi connectivity index (χ3v) is 3.83. The molecular formula is C17H29NOS. The van der Waals surface area contributed by atoms with Crippen LogP contribution in [-0.4, -0.2) is 24.9 Å². The second-order valence-electron chi connectivity index (χ2n) is 6.09. The van der Waals surface area contributed by atoms with Crippen molar-refractivity contribution in [2.75, 3.05) is 19.4 Å². The van der Waals surface area contributed by atoms with Gasteiger partial charge >= 0.3 is 0 Å². The molecule has 0 aliphatic rings. The highest BCUT2D eigenvalue weighted by Gasteiger charge is 2.06. The Hall–Kier alpha value is -0.670. The van der Waals surface area contributed by atoms with Crippen LogP contribution >= 0.6 is 11.8 Å². The molecule has 0 spiro atoms. The quantitative estimate of drug-likeness (QED) is 0.525. The number of para-hydroxylation sites is 1. The fourth-order valence-electron chi connectivity index (χ4n) is 1.96. The summed E-state index contributed by atoms with van der Waals surface area (Å²) in [6, 6.07) is 8.26. The highest BCUT2D eigenvalue weighted by molar-refractivity contribution is 7.98. The van der Waals surface area contributed by atoms with Crippen molar-refractivity contribution in [3.63, 3.8) is 0 Å². The second kappa shape index (κ2) is 9.30. The minimum atomic E-state index is 0.241. The SMILES string of the molecule is CSc1ccccc1OCCCCCCNC(C)(C)C. The van der Waals surface area contributed by atoms with Crippen LogP contribution in [0.2, 0.25) is 0 Å². The lowest BCUT2D eigenvalue weighted by Gasteiger charge is -2.20. The average molecular weight is 295 g/mol. The molecule has 20 heavy (non-hydrogen) atoms. The number of nitrogens with one attached hydrogen (secondary N) is 1. The molecule has 1 aromatic rings. The van der Waals surface area contributed by atoms with Gasteiger partial charge in [-0.15, -0.1) is 11.8 Å². The molecule has 1 rings (SSSR count). The summed E-state index contributed by atoms with van der Waals surface area (Å²) in [7, 11) is 0. The Morgan fingerprint density at radius 1 is 1.05 bits per heavy atom. The standard InChI is InChI=1S/C17H29NOS/c1-17(2,3)18-13-9-5-6-10-14-19-15-11-7-8-12-16(15)20-4/h7-8,11-12,18H,5-6,9-10,13-14H2,1-4H3. The fraction of sp³-hybridized carbons (Fsp3) is 0.647. The molecule has 0 unspecified atom stereocenters. The monoisotopic (exact) mass is 295 g/mol. The number of hydrogen-bond acceptors (Lipinski definition) is 3. The molecule has 0 amide bonds. The summed E-state index contributed by atoms with van der Waals surface area (Å²) in [6.07, 6.45) is 6.99. The van der Waals surface area contributed by atoms with Crippen LogP contribution in [0.15, 0.2) is 29.2 Å². The Labute approximate surface area is 128 Å². The molecule has 2 nitrogen and oxygen atoms in total. The van der Waals surface area contributed by atoms with Gasteiger partial charge in [0.15, 0.2) is 0 Å². The molecule has 0 aromatic heterocycles. The van der Waals surface area contributed by atoms with Gasteiger partial charge in [0.2, 0.25) is 0 Å². The fourth-order valence-corrected chi connectivity index (χ4v) is 2.51.